The standard InChI is InChI=1S/C13H25N3O2/c1-10(2)6-12-8-16(13(17)15(12)3)7-11-9-18-5-4-14-11/h10-12,14H,4-9H2,1-3H3. The lowest BCUT2D eigenvalue weighted by Gasteiger charge is -2.27. The largest absolute Gasteiger partial charge is 0.378 e. The van der Waals surface area contributed by atoms with E-state index in [9.17, 15) is 4.79 Å². The van der Waals surface area contributed by atoms with Gasteiger partial charge in [0.15, 0.2) is 0 Å². The van der Waals surface area contributed by atoms with Gasteiger partial charge in [-0.15, -0.1) is 0 Å². The van der Waals surface area contributed by atoms with E-state index in [1.54, 1.807) is 0 Å². The van der Waals surface area contributed by atoms with E-state index in [0.29, 0.717) is 18.6 Å². The average Bonchev–Trinajstić information content (AvgIpc) is 2.58. The van der Waals surface area contributed by atoms with Gasteiger partial charge in [0.25, 0.3) is 0 Å². The lowest BCUT2D eigenvalue weighted by atomic mass is 10.0. The van der Waals surface area contributed by atoms with Crippen molar-refractivity contribution in [2.24, 2.45) is 5.92 Å². The molecule has 2 unspecified atom stereocenters. The summed E-state index contributed by atoms with van der Waals surface area (Å²) in [6.45, 7) is 8.40. The summed E-state index contributed by atoms with van der Waals surface area (Å²) in [5, 5.41) is 3.40. The molecule has 18 heavy (non-hydrogen) atoms. The van der Waals surface area contributed by atoms with E-state index < -0.39 is 0 Å². The Balaban J connectivity index is 1.87. The van der Waals surface area contributed by atoms with Crippen molar-refractivity contribution in [3.8, 4) is 0 Å². The number of urea groups is 1. The number of morpholine rings is 1. The molecule has 104 valence electrons. The first kappa shape index (κ1) is 13.6. The van der Waals surface area contributed by atoms with Crippen LogP contribution in [0.1, 0.15) is 20.3 Å². The van der Waals surface area contributed by atoms with Crippen LogP contribution in [0.25, 0.3) is 0 Å². The molecule has 2 aliphatic heterocycles. The van der Waals surface area contributed by atoms with Crippen molar-refractivity contribution in [3.05, 3.63) is 0 Å². The van der Waals surface area contributed by atoms with Crippen LogP contribution in [0.3, 0.4) is 0 Å². The average molecular weight is 255 g/mol. The van der Waals surface area contributed by atoms with Crippen molar-refractivity contribution >= 4 is 6.03 Å². The normalized spacial score (nSPS) is 29.4. The summed E-state index contributed by atoms with van der Waals surface area (Å²) in [5.41, 5.74) is 0. The van der Waals surface area contributed by atoms with Crippen LogP contribution in [0, 0.1) is 5.92 Å². The Morgan fingerprint density at radius 2 is 2.28 bits per heavy atom. The Morgan fingerprint density at radius 3 is 2.89 bits per heavy atom. The fourth-order valence-corrected chi connectivity index (χ4v) is 2.77. The molecule has 2 saturated heterocycles. The molecular weight excluding hydrogens is 230 g/mol. The van der Waals surface area contributed by atoms with Crippen molar-refractivity contribution in [2.75, 3.05) is 39.9 Å². The third kappa shape index (κ3) is 3.14. The fourth-order valence-electron chi connectivity index (χ4n) is 2.77. The van der Waals surface area contributed by atoms with Gasteiger partial charge in [-0.3, -0.25) is 0 Å². The topological polar surface area (TPSA) is 44.8 Å². The molecule has 2 heterocycles. The highest BCUT2D eigenvalue weighted by Crippen LogP contribution is 2.20. The predicted molar refractivity (Wildman–Crippen MR) is 70.6 cm³/mol. The zero-order chi connectivity index (χ0) is 13.1. The Bertz CT molecular complexity index is 290. The minimum absolute atomic E-state index is 0.160. The van der Waals surface area contributed by atoms with Crippen LogP contribution in [0.5, 0.6) is 0 Å². The van der Waals surface area contributed by atoms with E-state index in [0.717, 1.165) is 32.7 Å². The maximum Gasteiger partial charge on any atom is 0.320 e. The van der Waals surface area contributed by atoms with Gasteiger partial charge in [-0.1, -0.05) is 13.8 Å². The number of ether oxygens (including phenoxy) is 1. The van der Waals surface area contributed by atoms with Gasteiger partial charge in [0, 0.05) is 32.7 Å². The van der Waals surface area contributed by atoms with E-state index in [-0.39, 0.29) is 12.1 Å². The molecule has 0 aromatic rings. The van der Waals surface area contributed by atoms with Gasteiger partial charge >= 0.3 is 6.03 Å². The fraction of sp³-hybridized carbons (Fsp3) is 0.923. The molecule has 0 spiro atoms. The van der Waals surface area contributed by atoms with Crippen LogP contribution in [0.2, 0.25) is 0 Å². The number of amides is 2. The first-order chi connectivity index (χ1) is 8.58. The molecular formula is C13H25N3O2. The number of hydrogen-bond acceptors (Lipinski definition) is 3. The molecule has 0 bridgehead atoms. The quantitative estimate of drug-likeness (QED) is 0.806. The van der Waals surface area contributed by atoms with Crippen molar-refractivity contribution in [3.63, 3.8) is 0 Å². The second-order valence-corrected chi connectivity index (χ2v) is 5.81. The molecule has 5 heteroatoms. The molecule has 0 aromatic heterocycles. The van der Waals surface area contributed by atoms with Crippen LogP contribution < -0.4 is 5.32 Å². The van der Waals surface area contributed by atoms with Crippen molar-refractivity contribution < 1.29 is 9.53 Å². The van der Waals surface area contributed by atoms with Crippen molar-refractivity contribution in [2.45, 2.75) is 32.4 Å². The van der Waals surface area contributed by atoms with Gasteiger partial charge in [0.05, 0.1) is 19.3 Å². The van der Waals surface area contributed by atoms with E-state index >= 15 is 0 Å². The highest BCUT2D eigenvalue weighted by molar-refractivity contribution is 5.76. The number of hydrogen-bond donors (Lipinski definition) is 1. The van der Waals surface area contributed by atoms with Crippen LogP contribution in [-0.4, -0.2) is 67.8 Å². The monoisotopic (exact) mass is 255 g/mol. The summed E-state index contributed by atoms with van der Waals surface area (Å²) in [6.07, 6.45) is 1.08. The van der Waals surface area contributed by atoms with E-state index in [1.165, 1.54) is 0 Å². The second kappa shape index (κ2) is 5.89. The summed E-state index contributed by atoms with van der Waals surface area (Å²) in [5.74, 6) is 0.626. The highest BCUT2D eigenvalue weighted by Gasteiger charge is 2.35. The molecule has 0 aliphatic carbocycles. The SMILES string of the molecule is CC(C)CC1CN(CC2COCCN2)C(=O)N1C. The Labute approximate surface area is 109 Å². The third-order valence-electron chi connectivity index (χ3n) is 3.73. The molecule has 5 nitrogen and oxygen atoms in total. The number of likely N-dealkylation sites (N-methyl/N-ethyl adjacent to an activating group) is 1. The Hall–Kier alpha value is -0.810. The first-order valence-corrected chi connectivity index (χ1v) is 6.90. The molecule has 2 aliphatic rings. The number of nitrogens with one attached hydrogen (secondary N) is 1. The molecule has 0 radical (unpaired) electrons. The van der Waals surface area contributed by atoms with E-state index in [1.807, 2.05) is 16.8 Å². The lowest BCUT2D eigenvalue weighted by Crippen LogP contribution is -2.49. The van der Waals surface area contributed by atoms with Gasteiger partial charge < -0.3 is 19.9 Å². The minimum atomic E-state index is 0.160. The maximum absolute atomic E-state index is 12.2. The Morgan fingerprint density at radius 1 is 1.50 bits per heavy atom. The van der Waals surface area contributed by atoms with E-state index in [2.05, 4.69) is 19.2 Å². The van der Waals surface area contributed by atoms with Gasteiger partial charge in [-0.2, -0.15) is 0 Å². The van der Waals surface area contributed by atoms with Crippen LogP contribution in [0.4, 0.5) is 4.79 Å². The maximum atomic E-state index is 12.2. The van der Waals surface area contributed by atoms with Crippen molar-refractivity contribution in [1.29, 1.82) is 0 Å². The zero-order valence-electron chi connectivity index (χ0n) is 11.7. The van der Waals surface area contributed by atoms with E-state index in [4.69, 9.17) is 4.74 Å². The number of carbonyl (C=O) groups is 1. The summed E-state index contributed by atoms with van der Waals surface area (Å²) in [4.78, 5) is 16.0. The predicted octanol–water partition coefficient (Wildman–Crippen LogP) is 0.757. The molecule has 1 N–H and O–H groups in total. The summed E-state index contributed by atoms with van der Waals surface area (Å²) in [6, 6.07) is 0.809. The van der Waals surface area contributed by atoms with Crippen molar-refractivity contribution in [1.82, 2.24) is 15.1 Å². The summed E-state index contributed by atoms with van der Waals surface area (Å²) in [7, 11) is 1.92. The molecule has 0 aromatic carbocycles. The molecule has 2 fully saturated rings. The smallest absolute Gasteiger partial charge is 0.320 e. The minimum Gasteiger partial charge on any atom is -0.378 e. The summed E-state index contributed by atoms with van der Waals surface area (Å²) < 4.78 is 5.43. The van der Waals surface area contributed by atoms with Gasteiger partial charge in [0.2, 0.25) is 0 Å². The molecule has 2 rings (SSSR count). The number of carbonyl (C=O) groups excluding carboxylic acids is 1. The zero-order valence-corrected chi connectivity index (χ0v) is 11.7. The third-order valence-corrected chi connectivity index (χ3v) is 3.73. The van der Waals surface area contributed by atoms with Gasteiger partial charge in [-0.05, 0) is 12.3 Å². The Kier molecular flexibility index (Phi) is 4.45. The molecule has 2 amide bonds. The number of rotatable bonds is 4. The number of nitrogens with zero attached hydrogens (tertiary/aromatic N) is 2. The first-order valence-electron chi connectivity index (χ1n) is 6.90. The highest BCUT2D eigenvalue weighted by atomic mass is 16.5. The summed E-state index contributed by atoms with van der Waals surface area (Å²) >= 11 is 0. The van der Waals surface area contributed by atoms with Crippen LogP contribution in [0.15, 0.2) is 0 Å². The second-order valence-electron chi connectivity index (χ2n) is 5.81. The van der Waals surface area contributed by atoms with Gasteiger partial charge in [-0.25, -0.2) is 4.79 Å². The molecule has 0 saturated carbocycles. The van der Waals surface area contributed by atoms with Gasteiger partial charge in [0.1, 0.15) is 0 Å². The van der Waals surface area contributed by atoms with Crippen LogP contribution >= 0.6 is 0 Å². The lowest BCUT2D eigenvalue weighted by molar-refractivity contribution is 0.0676. The molecule has 2 atom stereocenters. The van der Waals surface area contributed by atoms with Crippen LogP contribution in [-0.2, 0) is 4.74 Å².